The van der Waals surface area contributed by atoms with Crippen molar-refractivity contribution in [3.05, 3.63) is 175 Å². The molecule has 10 aromatic rings. The molecule has 0 aliphatic carbocycles. The number of hydrogen-bond donors (Lipinski definition) is 0. The standard InChI is InChI=1S/C48H29BN2O2/c1-7-19-40(51-43-22-10-4-16-35(43)36-17-5-11-23-44(36)51)32(13-1)30-27-38-37-29-31(50-41-20-8-2-14-33(41)34-15-3-9-21-42(34)50)25-26-45(37)53-49-39-18-6-12-24-46(39)52-47(28-30)48(38)49/h1-29H/i1D,2D,3D,4D,5D,6D,7D,8D,9D,10D,11D,12D,13D,14D,15D,16D,17D,18D,19D,20D,21D,22D,23D,24D,25D,26D,27D,28D. The summed E-state index contributed by atoms with van der Waals surface area (Å²) in [6, 6.07) is -23.0. The van der Waals surface area contributed by atoms with Crippen molar-refractivity contribution in [2.75, 3.05) is 0 Å². The lowest BCUT2D eigenvalue weighted by Gasteiger charge is -2.33. The maximum Gasteiger partial charge on any atom is 0.434 e. The molecule has 0 saturated carbocycles. The third-order valence-electron chi connectivity index (χ3n) is 9.19. The number of para-hydroxylation sites is 6. The Hall–Kier alpha value is -6.98. The van der Waals surface area contributed by atoms with Crippen molar-refractivity contribution >= 4 is 61.5 Å². The molecule has 2 aromatic heterocycles. The third-order valence-corrected chi connectivity index (χ3v) is 9.19. The van der Waals surface area contributed by atoms with Crippen molar-refractivity contribution in [1.82, 2.24) is 9.13 Å². The molecule has 0 amide bonds. The fourth-order valence-electron chi connectivity index (χ4n) is 7.03. The van der Waals surface area contributed by atoms with E-state index in [1.807, 2.05) is 0 Å². The van der Waals surface area contributed by atoms with E-state index < -0.39 is 276 Å². The number of rotatable bonds is 3. The largest absolute Gasteiger partial charge is 0.551 e. The normalized spacial score (nSPS) is 20.2. The number of ether oxygens (including phenoxy) is 1. The first-order valence-corrected chi connectivity index (χ1v) is 15.8. The van der Waals surface area contributed by atoms with Crippen LogP contribution in [0.5, 0.6) is 17.2 Å². The monoisotopic (exact) mass is 704 g/mol. The topological polar surface area (TPSA) is 28.3 Å². The van der Waals surface area contributed by atoms with Crippen molar-refractivity contribution in [2.24, 2.45) is 0 Å². The summed E-state index contributed by atoms with van der Waals surface area (Å²) in [7, 11) is 0. The van der Waals surface area contributed by atoms with Crippen molar-refractivity contribution in [2.45, 2.75) is 0 Å². The fraction of sp³-hybridized carbons (Fsp3) is 0. The smallest absolute Gasteiger partial charge is 0.434 e. The van der Waals surface area contributed by atoms with Crippen LogP contribution in [0.2, 0.25) is 0 Å². The predicted molar refractivity (Wildman–Crippen MR) is 218 cm³/mol. The van der Waals surface area contributed by atoms with Gasteiger partial charge >= 0.3 is 6.92 Å². The molecular weight excluding hydrogens is 647 g/mol. The van der Waals surface area contributed by atoms with Gasteiger partial charge in [0.2, 0.25) is 0 Å². The van der Waals surface area contributed by atoms with E-state index in [0.29, 0.717) is 0 Å². The molecule has 12 rings (SSSR count). The van der Waals surface area contributed by atoms with E-state index in [4.69, 9.17) is 36.8 Å². The van der Waals surface area contributed by atoms with Gasteiger partial charge in [0.25, 0.3) is 0 Å². The molecule has 5 heteroatoms. The van der Waals surface area contributed by atoms with Gasteiger partial charge < -0.3 is 18.5 Å². The van der Waals surface area contributed by atoms with Crippen LogP contribution in [0.1, 0.15) is 38.4 Å². The molecule has 0 N–H and O–H groups in total. The van der Waals surface area contributed by atoms with Crippen molar-refractivity contribution in [1.29, 1.82) is 0 Å². The molecule has 4 heterocycles. The lowest BCUT2D eigenvalue weighted by atomic mass is 9.50. The minimum atomic E-state index is -1.84. The van der Waals surface area contributed by atoms with Gasteiger partial charge in [-0.05, 0) is 77.6 Å². The highest BCUT2D eigenvalue weighted by molar-refractivity contribution is 6.84. The van der Waals surface area contributed by atoms with Crippen LogP contribution >= 0.6 is 0 Å². The molecule has 8 aromatic carbocycles. The molecule has 4 nitrogen and oxygen atoms in total. The minimum Gasteiger partial charge on any atom is -0.551 e. The first-order chi connectivity index (χ1) is 37.9. The van der Waals surface area contributed by atoms with Crippen molar-refractivity contribution in [3.63, 3.8) is 0 Å². The Morgan fingerprint density at radius 1 is 0.453 bits per heavy atom. The average molecular weight is 705 g/mol. The predicted octanol–water partition coefficient (Wildman–Crippen LogP) is 10.8. The molecule has 0 atom stereocenters. The van der Waals surface area contributed by atoms with Crippen LogP contribution in [0.4, 0.5) is 0 Å². The van der Waals surface area contributed by atoms with Gasteiger partial charge in [-0.15, -0.1) is 0 Å². The number of benzene rings is 8. The van der Waals surface area contributed by atoms with E-state index in [1.54, 1.807) is 0 Å². The molecular formula is C48H29BN2O2. The summed E-state index contributed by atoms with van der Waals surface area (Å²) in [4.78, 5) is 0. The zero-order valence-electron chi connectivity index (χ0n) is 54.4. The van der Waals surface area contributed by atoms with Gasteiger partial charge in [-0.3, -0.25) is 0 Å². The highest BCUT2D eigenvalue weighted by atomic mass is 16.5. The van der Waals surface area contributed by atoms with Gasteiger partial charge in [-0.25, -0.2) is 0 Å². The van der Waals surface area contributed by atoms with Gasteiger partial charge in [0.15, 0.2) is 0 Å². The van der Waals surface area contributed by atoms with E-state index in [-0.39, 0.29) is 5.46 Å². The second-order valence-electron chi connectivity index (χ2n) is 11.9. The van der Waals surface area contributed by atoms with Crippen LogP contribution in [0.3, 0.4) is 0 Å². The number of aromatic nitrogens is 2. The van der Waals surface area contributed by atoms with Gasteiger partial charge in [-0.1, -0.05) is 109 Å². The van der Waals surface area contributed by atoms with Crippen LogP contribution in [-0.4, -0.2) is 16.0 Å². The molecule has 246 valence electrons. The van der Waals surface area contributed by atoms with E-state index in [0.717, 1.165) is 15.2 Å². The van der Waals surface area contributed by atoms with Gasteiger partial charge in [-0.2, -0.15) is 0 Å². The highest BCUT2D eigenvalue weighted by Crippen LogP contribution is 2.45. The minimum absolute atomic E-state index is 0.365. The van der Waals surface area contributed by atoms with E-state index in [1.165, 1.54) is 0 Å². The number of nitrogens with zero attached hydrogens (tertiary/aromatic N) is 2. The Kier molecular flexibility index (Phi) is 2.62. The molecule has 0 bridgehead atoms. The summed E-state index contributed by atoms with van der Waals surface area (Å²) >= 11 is 0. The molecule has 2 aliphatic rings. The summed E-state index contributed by atoms with van der Waals surface area (Å²) < 4.78 is 268. The molecule has 0 spiro atoms. The lowest BCUT2D eigenvalue weighted by molar-refractivity contribution is 0.479. The maximum atomic E-state index is 10.3. The SMILES string of the molecule is [2H]c1c(-n2c3c([2H])c([2H])c([2H])c([2H])c3c3c([2H])c([2H])c([2H])c([2H])c32)cc2c(c1[2H])OB1c3c([2H])c([2H])c([2H])c([2H])c3Oc3c([2H])c(-c4c([2H])c([2H])c([2H])c([2H])c4-n4c5c([2H])c([2H])c([2H])c([2H])c5c5c([2H])c([2H])c([2H])c([2H])c54)c([2H])c-2c31. The Morgan fingerprint density at radius 2 is 1.02 bits per heavy atom. The van der Waals surface area contributed by atoms with Crippen molar-refractivity contribution in [3.8, 4) is 50.9 Å². The summed E-state index contributed by atoms with van der Waals surface area (Å²) in [6.45, 7) is -1.84. The maximum absolute atomic E-state index is 10.3. The van der Waals surface area contributed by atoms with Crippen LogP contribution in [0.25, 0.3) is 77.2 Å². The first-order valence-electron chi connectivity index (χ1n) is 29.8. The van der Waals surface area contributed by atoms with Crippen LogP contribution in [0, 0.1) is 0 Å². The van der Waals surface area contributed by atoms with Gasteiger partial charge in [0.05, 0.1) is 66.1 Å². The number of fused-ring (bicyclic) bond motifs is 10. The Labute approximate surface area is 345 Å². The summed E-state index contributed by atoms with van der Waals surface area (Å²) in [5.74, 6) is -1.94. The third kappa shape index (κ3) is 4.02. The number of hydrogen-bond acceptors (Lipinski definition) is 2. The molecule has 2 aliphatic heterocycles. The zero-order chi connectivity index (χ0) is 59.0. The lowest BCUT2D eigenvalue weighted by Crippen LogP contribution is -2.53. The van der Waals surface area contributed by atoms with Crippen LogP contribution in [-0.2, 0) is 0 Å². The molecule has 0 fully saturated rings. The zero-order valence-corrected chi connectivity index (χ0v) is 26.4. The van der Waals surface area contributed by atoms with Gasteiger partial charge in [0.1, 0.15) is 17.2 Å². The average Bonchev–Trinajstić information content (AvgIpc) is 2.81. The molecule has 0 radical (unpaired) electrons. The quantitative estimate of drug-likeness (QED) is 0.171. The second kappa shape index (κ2) is 10.8. The summed E-state index contributed by atoms with van der Waals surface area (Å²) in [6.07, 6.45) is 0. The fourth-order valence-corrected chi connectivity index (χ4v) is 7.03. The second-order valence-corrected chi connectivity index (χ2v) is 11.9. The van der Waals surface area contributed by atoms with Crippen molar-refractivity contribution < 1.29 is 47.8 Å². The summed E-state index contributed by atoms with van der Waals surface area (Å²) in [5.41, 5.74) is -6.92. The van der Waals surface area contributed by atoms with Gasteiger partial charge in [0, 0.05) is 49.3 Å². The van der Waals surface area contributed by atoms with E-state index in [9.17, 15) is 11.0 Å². The highest BCUT2D eigenvalue weighted by Gasteiger charge is 2.41. The Morgan fingerprint density at radius 3 is 1.70 bits per heavy atom. The Bertz CT molecular complexity index is 4610. The Balaban J connectivity index is 1.31. The van der Waals surface area contributed by atoms with E-state index in [2.05, 4.69) is 0 Å². The first kappa shape index (κ1) is 12.9. The molecule has 0 unspecified atom stereocenters. The van der Waals surface area contributed by atoms with Crippen LogP contribution in [0.15, 0.2) is 175 Å². The molecule has 0 saturated heterocycles. The van der Waals surface area contributed by atoms with Crippen LogP contribution < -0.4 is 20.3 Å². The molecule has 53 heavy (non-hydrogen) atoms. The summed E-state index contributed by atoms with van der Waals surface area (Å²) in [5, 5.41) is -1.84. The van der Waals surface area contributed by atoms with E-state index >= 15 is 0 Å².